The molecule has 0 amide bonds. The Bertz CT molecular complexity index is 479. The van der Waals surface area contributed by atoms with E-state index in [2.05, 4.69) is 60.0 Å². The highest BCUT2D eigenvalue weighted by Gasteiger charge is 1.95. The first kappa shape index (κ1) is 13.1. The predicted octanol–water partition coefficient (Wildman–Crippen LogP) is 2.93. The molecule has 0 aromatic heterocycles. The Morgan fingerprint density at radius 1 is 0.889 bits per heavy atom. The van der Waals surface area contributed by atoms with E-state index in [1.165, 1.54) is 22.8 Å². The molecule has 0 unspecified atom stereocenters. The zero-order valence-electron chi connectivity index (χ0n) is 11.1. The van der Waals surface area contributed by atoms with Gasteiger partial charge in [0.15, 0.2) is 0 Å². The zero-order chi connectivity index (χ0) is 12.6. The number of benzene rings is 2. The summed E-state index contributed by atoms with van der Waals surface area (Å²) in [7, 11) is 0. The summed E-state index contributed by atoms with van der Waals surface area (Å²) >= 11 is 0. The number of hydrogen-bond acceptors (Lipinski definition) is 2. The topological polar surface area (TPSA) is 24.1 Å². The maximum atomic E-state index is 3.49. The molecule has 0 heterocycles. The highest BCUT2D eigenvalue weighted by Crippen LogP contribution is 2.15. The Labute approximate surface area is 109 Å². The van der Waals surface area contributed by atoms with Crippen LogP contribution in [-0.2, 0) is 6.54 Å². The lowest BCUT2D eigenvalue weighted by Gasteiger charge is -2.06. The van der Waals surface area contributed by atoms with Crippen LogP contribution < -0.4 is 10.6 Å². The molecule has 0 spiro atoms. The summed E-state index contributed by atoms with van der Waals surface area (Å²) in [5, 5.41) is 9.45. The van der Waals surface area contributed by atoms with Gasteiger partial charge in [-0.05, 0) is 48.5 Å². The molecule has 2 aromatic carbocycles. The van der Waals surface area contributed by atoms with Crippen molar-refractivity contribution in [2.45, 2.75) is 19.9 Å². The van der Waals surface area contributed by atoms with Gasteiger partial charge in [0.05, 0.1) is 0 Å². The average molecular weight is 242 g/mol. The van der Waals surface area contributed by atoms with Crippen molar-refractivity contribution in [2.75, 3.05) is 19.6 Å². The molecule has 0 atom stereocenters. The number of hydrogen-bond donors (Lipinski definition) is 2. The van der Waals surface area contributed by atoms with Crippen LogP contribution in [-0.4, -0.2) is 19.6 Å². The molecule has 0 aliphatic rings. The van der Waals surface area contributed by atoms with Crippen LogP contribution >= 0.6 is 0 Å². The highest BCUT2D eigenvalue weighted by atomic mass is 14.9. The largest absolute Gasteiger partial charge is 0.317 e. The molecule has 2 aromatic rings. The van der Waals surface area contributed by atoms with Crippen LogP contribution in [0.4, 0.5) is 0 Å². The van der Waals surface area contributed by atoms with Gasteiger partial charge >= 0.3 is 0 Å². The van der Waals surface area contributed by atoms with Crippen molar-refractivity contribution in [1.29, 1.82) is 0 Å². The molecule has 2 N–H and O–H groups in total. The Balaban J connectivity index is 1.81. The fourth-order valence-electron chi connectivity index (χ4n) is 2.10. The van der Waals surface area contributed by atoms with E-state index < -0.39 is 0 Å². The van der Waals surface area contributed by atoms with Gasteiger partial charge in [-0.15, -0.1) is 0 Å². The summed E-state index contributed by atoms with van der Waals surface area (Å²) in [5.41, 5.74) is 1.36. The summed E-state index contributed by atoms with van der Waals surface area (Å²) in [5.74, 6) is 0. The fraction of sp³-hybridized carbons (Fsp3) is 0.375. The van der Waals surface area contributed by atoms with Gasteiger partial charge in [0.25, 0.3) is 0 Å². The Hall–Kier alpha value is -1.38. The van der Waals surface area contributed by atoms with Gasteiger partial charge in [0, 0.05) is 6.54 Å². The Kier molecular flexibility index (Phi) is 5.18. The second kappa shape index (κ2) is 7.14. The molecular weight excluding hydrogens is 220 g/mol. The summed E-state index contributed by atoms with van der Waals surface area (Å²) in [4.78, 5) is 0. The molecular formula is C16H22N2. The van der Waals surface area contributed by atoms with E-state index in [9.17, 15) is 0 Å². The van der Waals surface area contributed by atoms with Crippen molar-refractivity contribution in [2.24, 2.45) is 0 Å². The van der Waals surface area contributed by atoms with Gasteiger partial charge in [0.2, 0.25) is 0 Å². The molecule has 0 aliphatic carbocycles. The third-order valence-corrected chi connectivity index (χ3v) is 3.10. The minimum Gasteiger partial charge on any atom is -0.317 e. The Morgan fingerprint density at radius 2 is 1.67 bits per heavy atom. The third kappa shape index (κ3) is 3.83. The molecule has 0 fully saturated rings. The average Bonchev–Trinajstić information content (AvgIpc) is 2.42. The van der Waals surface area contributed by atoms with Crippen LogP contribution in [0.5, 0.6) is 0 Å². The van der Waals surface area contributed by atoms with Crippen molar-refractivity contribution in [1.82, 2.24) is 10.6 Å². The predicted molar refractivity (Wildman–Crippen MR) is 78.8 cm³/mol. The maximum absolute atomic E-state index is 3.49. The summed E-state index contributed by atoms with van der Waals surface area (Å²) in [6, 6.07) is 15.2. The third-order valence-electron chi connectivity index (χ3n) is 3.10. The smallest absolute Gasteiger partial charge is 0.0205 e. The quantitative estimate of drug-likeness (QED) is 0.729. The van der Waals surface area contributed by atoms with E-state index in [4.69, 9.17) is 0 Å². The molecule has 0 radical (unpaired) electrons. The number of fused-ring (bicyclic) bond motifs is 1. The van der Waals surface area contributed by atoms with Crippen molar-refractivity contribution in [3.8, 4) is 0 Å². The van der Waals surface area contributed by atoms with Crippen molar-refractivity contribution in [3.05, 3.63) is 48.0 Å². The van der Waals surface area contributed by atoms with Crippen LogP contribution in [0.1, 0.15) is 18.9 Å². The molecule has 2 rings (SSSR count). The lowest BCUT2D eigenvalue weighted by molar-refractivity contribution is 0.606. The molecule has 2 heteroatoms. The summed E-state index contributed by atoms with van der Waals surface area (Å²) < 4.78 is 0. The van der Waals surface area contributed by atoms with E-state index in [-0.39, 0.29) is 0 Å². The van der Waals surface area contributed by atoms with Gasteiger partial charge in [-0.2, -0.15) is 0 Å². The summed E-state index contributed by atoms with van der Waals surface area (Å²) in [6.45, 7) is 6.32. The van der Waals surface area contributed by atoms with Crippen molar-refractivity contribution < 1.29 is 0 Å². The maximum Gasteiger partial charge on any atom is 0.0205 e. The standard InChI is InChI=1S/C16H22N2/c1-2-17-10-5-11-18-13-14-8-9-15-6-3-4-7-16(15)12-14/h3-4,6-9,12,17-18H,2,5,10-11,13H2,1H3. The van der Waals surface area contributed by atoms with Gasteiger partial charge in [-0.25, -0.2) is 0 Å². The second-order valence-electron chi connectivity index (χ2n) is 4.57. The molecule has 2 nitrogen and oxygen atoms in total. The SMILES string of the molecule is CCNCCCNCc1ccc2ccccc2c1. The first-order valence-electron chi connectivity index (χ1n) is 6.79. The van der Waals surface area contributed by atoms with E-state index in [1.807, 2.05) is 0 Å². The van der Waals surface area contributed by atoms with Gasteiger partial charge in [0.1, 0.15) is 0 Å². The van der Waals surface area contributed by atoms with Crippen LogP contribution in [0, 0.1) is 0 Å². The normalized spacial score (nSPS) is 10.9. The van der Waals surface area contributed by atoms with E-state index in [0.717, 1.165) is 26.2 Å². The second-order valence-corrected chi connectivity index (χ2v) is 4.57. The van der Waals surface area contributed by atoms with E-state index in [0.29, 0.717) is 0 Å². The van der Waals surface area contributed by atoms with Gasteiger partial charge < -0.3 is 10.6 Å². The molecule has 18 heavy (non-hydrogen) atoms. The molecule has 0 saturated heterocycles. The first-order valence-corrected chi connectivity index (χ1v) is 6.79. The monoisotopic (exact) mass is 242 g/mol. The summed E-state index contributed by atoms with van der Waals surface area (Å²) in [6.07, 6.45) is 1.18. The van der Waals surface area contributed by atoms with Crippen LogP contribution in [0.2, 0.25) is 0 Å². The minimum absolute atomic E-state index is 0.955. The molecule has 96 valence electrons. The molecule has 0 saturated carbocycles. The fourth-order valence-corrected chi connectivity index (χ4v) is 2.10. The van der Waals surface area contributed by atoms with Gasteiger partial charge in [-0.3, -0.25) is 0 Å². The van der Waals surface area contributed by atoms with Gasteiger partial charge in [-0.1, -0.05) is 43.3 Å². The number of rotatable bonds is 7. The lowest BCUT2D eigenvalue weighted by atomic mass is 10.1. The van der Waals surface area contributed by atoms with Crippen LogP contribution in [0.3, 0.4) is 0 Å². The van der Waals surface area contributed by atoms with Crippen LogP contribution in [0.25, 0.3) is 10.8 Å². The van der Waals surface area contributed by atoms with Crippen molar-refractivity contribution in [3.63, 3.8) is 0 Å². The van der Waals surface area contributed by atoms with E-state index in [1.54, 1.807) is 0 Å². The number of nitrogens with one attached hydrogen (secondary N) is 2. The van der Waals surface area contributed by atoms with E-state index >= 15 is 0 Å². The molecule has 0 bridgehead atoms. The lowest BCUT2D eigenvalue weighted by Crippen LogP contribution is -2.21. The molecule has 0 aliphatic heterocycles. The highest BCUT2D eigenvalue weighted by molar-refractivity contribution is 5.82. The van der Waals surface area contributed by atoms with Crippen LogP contribution in [0.15, 0.2) is 42.5 Å². The Morgan fingerprint density at radius 3 is 2.50 bits per heavy atom. The first-order chi connectivity index (χ1) is 8.90. The zero-order valence-corrected chi connectivity index (χ0v) is 11.1. The van der Waals surface area contributed by atoms with Crippen molar-refractivity contribution >= 4 is 10.8 Å². The minimum atomic E-state index is 0.955.